The van der Waals surface area contributed by atoms with E-state index >= 15 is 0 Å². The SMILES string of the molecule is O=C([OH2+])c1ccc(C2(C(F)(F)F)N=N2)cc1. The molecule has 16 heavy (non-hydrogen) atoms. The fourth-order valence-corrected chi connectivity index (χ4v) is 1.30. The van der Waals surface area contributed by atoms with Gasteiger partial charge in [-0.1, -0.05) is 12.1 Å². The molecule has 0 atom stereocenters. The number of halogens is 3. The highest BCUT2D eigenvalue weighted by atomic mass is 19.4. The maximum absolute atomic E-state index is 12.5. The first-order valence-corrected chi connectivity index (χ1v) is 4.24. The van der Waals surface area contributed by atoms with Gasteiger partial charge in [0.15, 0.2) is 0 Å². The molecule has 0 radical (unpaired) electrons. The summed E-state index contributed by atoms with van der Waals surface area (Å²) in [5, 5.41) is 12.8. The average Bonchev–Trinajstić information content (AvgIpc) is 2.97. The van der Waals surface area contributed by atoms with Crippen molar-refractivity contribution in [3.8, 4) is 0 Å². The van der Waals surface area contributed by atoms with Gasteiger partial charge in [0, 0.05) is 10.4 Å². The molecule has 2 N–H and O–H groups in total. The van der Waals surface area contributed by atoms with Crippen LogP contribution in [0.1, 0.15) is 15.9 Å². The number of alkyl halides is 3. The Balaban J connectivity index is 2.33. The van der Waals surface area contributed by atoms with Crippen molar-refractivity contribution in [3.05, 3.63) is 35.4 Å². The molecule has 0 spiro atoms. The largest absolute Gasteiger partial charge is 0.561 e. The number of carbonyl (C=O) groups is 1. The summed E-state index contributed by atoms with van der Waals surface area (Å²) in [4.78, 5) is 10.6. The zero-order valence-electron chi connectivity index (χ0n) is 7.75. The molecule has 0 amide bonds. The summed E-state index contributed by atoms with van der Waals surface area (Å²) in [6, 6.07) is 4.52. The van der Waals surface area contributed by atoms with Gasteiger partial charge in [-0.25, -0.2) is 0 Å². The average molecular weight is 231 g/mol. The number of hydrogen-bond acceptors (Lipinski definition) is 3. The zero-order valence-corrected chi connectivity index (χ0v) is 7.75. The lowest BCUT2D eigenvalue weighted by atomic mass is 10.0. The summed E-state index contributed by atoms with van der Waals surface area (Å²) in [6.45, 7) is 0. The Morgan fingerprint density at radius 3 is 2.00 bits per heavy atom. The van der Waals surface area contributed by atoms with Gasteiger partial charge in [-0.15, -0.1) is 10.2 Å². The van der Waals surface area contributed by atoms with Crippen molar-refractivity contribution in [2.45, 2.75) is 11.8 Å². The molecule has 7 heteroatoms. The van der Waals surface area contributed by atoms with Crippen molar-refractivity contribution in [2.24, 2.45) is 10.2 Å². The molecular formula is C9H6F3N2O2+. The van der Waals surface area contributed by atoms with Crippen LogP contribution in [-0.2, 0) is 5.66 Å². The third-order valence-electron chi connectivity index (χ3n) is 2.24. The first-order valence-electron chi connectivity index (χ1n) is 4.24. The Labute approximate surface area is 87.4 Å². The lowest BCUT2D eigenvalue weighted by Gasteiger charge is -2.14. The van der Waals surface area contributed by atoms with E-state index in [9.17, 15) is 18.0 Å². The molecular weight excluding hydrogens is 225 g/mol. The molecule has 0 fully saturated rings. The number of nitrogens with zero attached hydrogens (tertiary/aromatic N) is 2. The minimum Gasteiger partial charge on any atom is -0.561 e. The quantitative estimate of drug-likeness (QED) is 0.715. The summed E-state index contributed by atoms with van der Waals surface area (Å²) in [6.07, 6.45) is -4.57. The molecule has 0 aliphatic carbocycles. The van der Waals surface area contributed by atoms with Crippen LogP contribution < -0.4 is 0 Å². The molecule has 0 bridgehead atoms. The van der Waals surface area contributed by atoms with Crippen molar-refractivity contribution in [1.82, 2.24) is 0 Å². The lowest BCUT2D eigenvalue weighted by Crippen LogP contribution is -2.30. The maximum atomic E-state index is 12.5. The molecule has 1 aliphatic rings. The van der Waals surface area contributed by atoms with Crippen molar-refractivity contribution in [2.75, 3.05) is 0 Å². The topological polar surface area (TPSA) is 64.7 Å². The molecule has 0 saturated carbocycles. The standard InChI is InChI=1S/C9H5F3N2O2/c10-9(11,12)8(13-14-8)6-3-1-5(2-4-6)7(15)16/h1-4H,(H,15,16)/p+1. The van der Waals surface area contributed by atoms with Gasteiger partial charge in [0.05, 0.1) is 0 Å². The van der Waals surface area contributed by atoms with Gasteiger partial charge < -0.3 is 5.11 Å². The van der Waals surface area contributed by atoms with Crippen LogP contribution in [0.4, 0.5) is 13.2 Å². The monoisotopic (exact) mass is 231 g/mol. The van der Waals surface area contributed by atoms with Gasteiger partial charge in [-0.2, -0.15) is 13.2 Å². The predicted octanol–water partition coefficient (Wildman–Crippen LogP) is 1.73. The second kappa shape index (κ2) is 3.03. The van der Waals surface area contributed by atoms with E-state index in [1.807, 2.05) is 0 Å². The fourth-order valence-electron chi connectivity index (χ4n) is 1.30. The second-order valence-electron chi connectivity index (χ2n) is 3.28. The van der Waals surface area contributed by atoms with E-state index in [1.165, 1.54) is 0 Å². The van der Waals surface area contributed by atoms with Crippen LogP contribution >= 0.6 is 0 Å². The Morgan fingerprint density at radius 2 is 1.69 bits per heavy atom. The van der Waals surface area contributed by atoms with E-state index in [4.69, 9.17) is 5.11 Å². The summed E-state index contributed by atoms with van der Waals surface area (Å²) in [5.41, 5.74) is -2.58. The summed E-state index contributed by atoms with van der Waals surface area (Å²) < 4.78 is 37.6. The van der Waals surface area contributed by atoms with Crippen LogP contribution in [0.15, 0.2) is 34.5 Å². The Bertz CT molecular complexity index is 459. The smallest absolute Gasteiger partial charge is 0.549 e. The third-order valence-corrected chi connectivity index (χ3v) is 2.24. The molecule has 1 aliphatic heterocycles. The van der Waals surface area contributed by atoms with E-state index in [0.29, 0.717) is 0 Å². The maximum Gasteiger partial charge on any atom is 0.549 e. The molecule has 0 saturated heterocycles. The van der Waals surface area contributed by atoms with Crippen molar-refractivity contribution in [1.29, 1.82) is 0 Å². The summed E-state index contributed by atoms with van der Waals surface area (Å²) in [7, 11) is 0. The number of benzene rings is 1. The van der Waals surface area contributed by atoms with Crippen molar-refractivity contribution < 1.29 is 23.1 Å². The molecule has 1 aromatic rings. The Hall–Kier alpha value is -1.92. The van der Waals surface area contributed by atoms with Gasteiger partial charge >= 0.3 is 17.8 Å². The van der Waals surface area contributed by atoms with E-state index in [1.54, 1.807) is 0 Å². The van der Waals surface area contributed by atoms with Gasteiger partial charge in [0.2, 0.25) is 0 Å². The highest BCUT2D eigenvalue weighted by molar-refractivity contribution is 5.87. The van der Waals surface area contributed by atoms with Crippen molar-refractivity contribution >= 4 is 5.97 Å². The normalized spacial score (nSPS) is 17.2. The van der Waals surface area contributed by atoms with E-state index in [0.717, 1.165) is 24.3 Å². The Morgan fingerprint density at radius 1 is 1.19 bits per heavy atom. The zero-order chi connectivity index (χ0) is 12.0. The molecule has 84 valence electrons. The highest BCUT2D eigenvalue weighted by Gasteiger charge is 2.65. The van der Waals surface area contributed by atoms with Gasteiger partial charge in [0.1, 0.15) is 5.56 Å². The lowest BCUT2D eigenvalue weighted by molar-refractivity contribution is -0.166. The number of hydrogen-bond donors (Lipinski definition) is 0. The highest BCUT2D eigenvalue weighted by Crippen LogP contribution is 2.52. The van der Waals surface area contributed by atoms with Gasteiger partial charge in [-0.05, 0) is 12.1 Å². The molecule has 1 heterocycles. The number of carbonyl (C=O) groups excluding carboxylic acids is 1. The molecule has 0 unspecified atom stereocenters. The molecule has 0 aromatic heterocycles. The minimum absolute atomic E-state index is 0.0294. The van der Waals surface area contributed by atoms with Crippen LogP contribution in [0, 0.1) is 0 Å². The summed E-state index contributed by atoms with van der Waals surface area (Å²) >= 11 is 0. The van der Waals surface area contributed by atoms with Gasteiger partial charge in [0.25, 0.3) is 0 Å². The van der Waals surface area contributed by atoms with Crippen LogP contribution in [0.25, 0.3) is 0 Å². The number of rotatable bonds is 2. The minimum atomic E-state index is -4.57. The fraction of sp³-hybridized carbons (Fsp3) is 0.222. The van der Waals surface area contributed by atoms with Crippen LogP contribution in [-0.4, -0.2) is 17.3 Å². The molecule has 1 aromatic carbocycles. The van der Waals surface area contributed by atoms with Crippen LogP contribution in [0.2, 0.25) is 0 Å². The van der Waals surface area contributed by atoms with Crippen LogP contribution in [0.5, 0.6) is 0 Å². The molecule has 4 nitrogen and oxygen atoms in total. The van der Waals surface area contributed by atoms with E-state index < -0.39 is 17.8 Å². The Kier molecular flexibility index (Phi) is 2.01. The second-order valence-corrected chi connectivity index (χ2v) is 3.28. The van der Waals surface area contributed by atoms with E-state index in [2.05, 4.69) is 10.2 Å². The summed E-state index contributed by atoms with van der Waals surface area (Å²) in [5.74, 6) is -0.947. The third kappa shape index (κ3) is 1.44. The predicted molar refractivity (Wildman–Crippen MR) is 47.0 cm³/mol. The first kappa shape index (κ1) is 10.6. The van der Waals surface area contributed by atoms with Crippen LogP contribution in [0.3, 0.4) is 0 Å². The molecule has 2 rings (SSSR count). The van der Waals surface area contributed by atoms with E-state index in [-0.39, 0.29) is 11.1 Å². The van der Waals surface area contributed by atoms with Crippen molar-refractivity contribution in [3.63, 3.8) is 0 Å². The first-order chi connectivity index (χ1) is 7.37. The van der Waals surface area contributed by atoms with Gasteiger partial charge in [-0.3, -0.25) is 0 Å².